The summed E-state index contributed by atoms with van der Waals surface area (Å²) in [4.78, 5) is 7.18. The lowest BCUT2D eigenvalue weighted by molar-refractivity contribution is 0.0242. The second kappa shape index (κ2) is 8.28. The summed E-state index contributed by atoms with van der Waals surface area (Å²) < 4.78 is 5.87. The van der Waals surface area contributed by atoms with Gasteiger partial charge in [-0.3, -0.25) is 9.89 Å². The van der Waals surface area contributed by atoms with Crippen molar-refractivity contribution in [2.45, 2.75) is 56.6 Å². The third kappa shape index (κ3) is 4.38. The summed E-state index contributed by atoms with van der Waals surface area (Å²) in [5.74, 6) is 3.49. The van der Waals surface area contributed by atoms with Gasteiger partial charge in [-0.1, -0.05) is 12.8 Å². The predicted octanol–water partition coefficient (Wildman–Crippen LogP) is 2.08. The number of nitrogens with one attached hydrogen (secondary N) is 2. The Morgan fingerprint density at radius 2 is 1.79 bits per heavy atom. The fraction of sp³-hybridized carbons (Fsp3) is 0.944. The fourth-order valence-corrected chi connectivity index (χ4v) is 5.29. The highest BCUT2D eigenvalue weighted by molar-refractivity contribution is 7.99. The maximum absolute atomic E-state index is 5.87. The standard InChI is InChI=1S/C18H34N4OS/c1-17(6-5-11-23-17)14-20-16(19-2)21-15-18(7-3-4-8-18)22-9-12-24-13-10-22/h3-15H2,1-2H3,(H2,19,20,21). The van der Waals surface area contributed by atoms with E-state index in [1.165, 1.54) is 56.7 Å². The van der Waals surface area contributed by atoms with Crippen molar-refractivity contribution in [3.63, 3.8) is 0 Å². The number of nitrogens with zero attached hydrogens (tertiary/aromatic N) is 2. The Labute approximate surface area is 151 Å². The monoisotopic (exact) mass is 354 g/mol. The first-order valence-electron chi connectivity index (χ1n) is 9.57. The van der Waals surface area contributed by atoms with Crippen LogP contribution in [0.1, 0.15) is 45.4 Å². The van der Waals surface area contributed by atoms with Crippen molar-refractivity contribution in [1.82, 2.24) is 15.5 Å². The molecule has 1 saturated carbocycles. The van der Waals surface area contributed by atoms with Gasteiger partial charge >= 0.3 is 0 Å². The highest BCUT2D eigenvalue weighted by Gasteiger charge is 2.40. The minimum Gasteiger partial charge on any atom is -0.373 e. The van der Waals surface area contributed by atoms with Crippen LogP contribution in [0.15, 0.2) is 4.99 Å². The number of ether oxygens (including phenoxy) is 1. The summed E-state index contributed by atoms with van der Waals surface area (Å²) in [5, 5.41) is 7.11. The second-order valence-electron chi connectivity index (χ2n) is 7.71. The van der Waals surface area contributed by atoms with E-state index in [1.54, 1.807) is 0 Å². The van der Waals surface area contributed by atoms with E-state index in [2.05, 4.69) is 39.2 Å². The van der Waals surface area contributed by atoms with Crippen LogP contribution in [-0.2, 0) is 4.74 Å². The topological polar surface area (TPSA) is 48.9 Å². The number of rotatable bonds is 5. The molecule has 0 aromatic rings. The molecule has 2 heterocycles. The second-order valence-corrected chi connectivity index (χ2v) is 8.94. The molecule has 1 atom stereocenters. The van der Waals surface area contributed by atoms with E-state index in [1.807, 2.05) is 7.05 Å². The van der Waals surface area contributed by atoms with Gasteiger partial charge in [0.1, 0.15) is 0 Å². The average Bonchev–Trinajstić information content (AvgIpc) is 3.26. The maximum atomic E-state index is 5.87. The van der Waals surface area contributed by atoms with Crippen LogP contribution in [0.4, 0.5) is 0 Å². The van der Waals surface area contributed by atoms with E-state index < -0.39 is 0 Å². The molecule has 138 valence electrons. The van der Waals surface area contributed by atoms with Gasteiger partial charge in [0.05, 0.1) is 5.60 Å². The summed E-state index contributed by atoms with van der Waals surface area (Å²) in [6, 6.07) is 0. The molecule has 0 bridgehead atoms. The molecule has 0 aromatic heterocycles. The van der Waals surface area contributed by atoms with Crippen LogP contribution in [0.3, 0.4) is 0 Å². The van der Waals surface area contributed by atoms with Gasteiger partial charge in [-0.2, -0.15) is 11.8 Å². The summed E-state index contributed by atoms with van der Waals surface area (Å²) in [7, 11) is 1.87. The van der Waals surface area contributed by atoms with E-state index in [0.29, 0.717) is 5.54 Å². The van der Waals surface area contributed by atoms with Crippen molar-refractivity contribution in [2.75, 3.05) is 51.3 Å². The molecule has 2 aliphatic heterocycles. The van der Waals surface area contributed by atoms with Gasteiger partial charge in [0.15, 0.2) is 5.96 Å². The van der Waals surface area contributed by atoms with Crippen molar-refractivity contribution >= 4 is 17.7 Å². The molecule has 0 aromatic carbocycles. The number of hydrogen-bond acceptors (Lipinski definition) is 4. The Morgan fingerprint density at radius 3 is 2.42 bits per heavy atom. The zero-order valence-electron chi connectivity index (χ0n) is 15.4. The van der Waals surface area contributed by atoms with Gasteiger partial charge in [-0.25, -0.2) is 0 Å². The van der Waals surface area contributed by atoms with Crippen molar-refractivity contribution in [1.29, 1.82) is 0 Å². The number of guanidine groups is 1. The Kier molecular flexibility index (Phi) is 6.33. The zero-order chi connectivity index (χ0) is 16.9. The van der Waals surface area contributed by atoms with Gasteiger partial charge < -0.3 is 15.4 Å². The Hall–Kier alpha value is -0.460. The van der Waals surface area contributed by atoms with E-state index in [9.17, 15) is 0 Å². The van der Waals surface area contributed by atoms with Crippen molar-refractivity contribution in [3.05, 3.63) is 0 Å². The molecule has 24 heavy (non-hydrogen) atoms. The SMILES string of the molecule is CN=C(NCC1(C)CCCO1)NCC1(N2CCSCC2)CCCC1. The van der Waals surface area contributed by atoms with E-state index >= 15 is 0 Å². The summed E-state index contributed by atoms with van der Waals surface area (Å²) in [5.41, 5.74) is 0.305. The van der Waals surface area contributed by atoms with Gasteiger partial charge in [0.25, 0.3) is 0 Å². The van der Waals surface area contributed by atoms with Gasteiger partial charge in [0.2, 0.25) is 0 Å². The number of aliphatic imine (C=N–C) groups is 1. The maximum Gasteiger partial charge on any atom is 0.191 e. The molecule has 2 saturated heterocycles. The molecule has 3 rings (SSSR count). The largest absolute Gasteiger partial charge is 0.373 e. The third-order valence-electron chi connectivity index (χ3n) is 5.95. The molecule has 0 spiro atoms. The number of thioether (sulfide) groups is 1. The molecule has 0 radical (unpaired) electrons. The Balaban J connectivity index is 1.52. The van der Waals surface area contributed by atoms with Gasteiger partial charge in [-0.05, 0) is 32.6 Å². The lowest BCUT2D eigenvalue weighted by Crippen LogP contribution is -2.58. The molecule has 6 heteroatoms. The highest BCUT2D eigenvalue weighted by Crippen LogP contribution is 2.36. The lowest BCUT2D eigenvalue weighted by atomic mass is 9.94. The quantitative estimate of drug-likeness (QED) is 0.585. The van der Waals surface area contributed by atoms with Crippen molar-refractivity contribution < 1.29 is 4.74 Å². The first kappa shape index (κ1) is 18.3. The van der Waals surface area contributed by atoms with E-state index in [0.717, 1.165) is 32.1 Å². The van der Waals surface area contributed by atoms with Crippen molar-refractivity contribution in [2.24, 2.45) is 4.99 Å². The fourth-order valence-electron chi connectivity index (χ4n) is 4.39. The molecular weight excluding hydrogens is 320 g/mol. The molecule has 1 aliphatic carbocycles. The molecule has 3 fully saturated rings. The first-order valence-corrected chi connectivity index (χ1v) is 10.7. The summed E-state index contributed by atoms with van der Waals surface area (Å²) in [6.45, 7) is 7.41. The zero-order valence-corrected chi connectivity index (χ0v) is 16.2. The van der Waals surface area contributed by atoms with Crippen LogP contribution in [0.2, 0.25) is 0 Å². The van der Waals surface area contributed by atoms with Crippen LogP contribution in [0, 0.1) is 0 Å². The average molecular weight is 355 g/mol. The van der Waals surface area contributed by atoms with Crippen LogP contribution in [-0.4, -0.2) is 73.3 Å². The first-order chi connectivity index (χ1) is 11.7. The molecule has 0 amide bonds. The smallest absolute Gasteiger partial charge is 0.191 e. The highest BCUT2D eigenvalue weighted by atomic mass is 32.2. The molecule has 1 unspecified atom stereocenters. The number of hydrogen-bond donors (Lipinski definition) is 2. The Morgan fingerprint density at radius 1 is 1.08 bits per heavy atom. The molecular formula is C18H34N4OS. The minimum atomic E-state index is -0.0350. The van der Waals surface area contributed by atoms with Crippen LogP contribution >= 0.6 is 11.8 Å². The van der Waals surface area contributed by atoms with E-state index in [4.69, 9.17) is 4.74 Å². The van der Waals surface area contributed by atoms with E-state index in [-0.39, 0.29) is 5.60 Å². The molecule has 5 nitrogen and oxygen atoms in total. The van der Waals surface area contributed by atoms with Gasteiger partial charge in [0, 0.05) is 56.9 Å². The molecule has 2 N–H and O–H groups in total. The minimum absolute atomic E-state index is 0.0350. The normalized spacial score (nSPS) is 31.3. The van der Waals surface area contributed by atoms with Gasteiger partial charge in [-0.15, -0.1) is 0 Å². The Bertz CT molecular complexity index is 425. The summed E-state index contributed by atoms with van der Waals surface area (Å²) in [6.07, 6.45) is 7.67. The molecule has 3 aliphatic rings. The summed E-state index contributed by atoms with van der Waals surface area (Å²) >= 11 is 2.09. The van der Waals surface area contributed by atoms with Crippen LogP contribution in [0.5, 0.6) is 0 Å². The van der Waals surface area contributed by atoms with Crippen molar-refractivity contribution in [3.8, 4) is 0 Å². The lowest BCUT2D eigenvalue weighted by Gasteiger charge is -2.43. The third-order valence-corrected chi connectivity index (χ3v) is 6.90. The van der Waals surface area contributed by atoms with Crippen LogP contribution in [0.25, 0.3) is 0 Å². The predicted molar refractivity (Wildman–Crippen MR) is 103 cm³/mol. The van der Waals surface area contributed by atoms with Crippen LogP contribution < -0.4 is 10.6 Å².